The van der Waals surface area contributed by atoms with E-state index in [1.807, 2.05) is 37.3 Å². The van der Waals surface area contributed by atoms with Gasteiger partial charge < -0.3 is 19.7 Å². The molecule has 0 aromatic heterocycles. The van der Waals surface area contributed by atoms with E-state index >= 15 is 0 Å². The van der Waals surface area contributed by atoms with Crippen LogP contribution in [0, 0.1) is 0 Å². The Labute approximate surface area is 165 Å². The number of carbonyl (C=O) groups excluding carboxylic acids is 1. The van der Waals surface area contributed by atoms with E-state index in [1.54, 1.807) is 11.9 Å². The molecule has 0 aliphatic carbocycles. The van der Waals surface area contributed by atoms with Gasteiger partial charge in [0.05, 0.1) is 5.69 Å². The highest BCUT2D eigenvalue weighted by Crippen LogP contribution is 2.32. The number of fused-ring (bicyclic) bond motifs is 1. The number of hydrogen-bond acceptors (Lipinski definition) is 3. The maximum absolute atomic E-state index is 12.8. The first-order valence-corrected chi connectivity index (χ1v) is 9.62. The number of nitrogens with zero attached hydrogens (tertiary/aromatic N) is 1. The molecule has 2 aromatic carbocycles. The minimum absolute atomic E-state index is 0.170. The summed E-state index contributed by atoms with van der Waals surface area (Å²) in [4.78, 5) is 14.4. The first-order chi connectivity index (χ1) is 13.0. The van der Waals surface area contributed by atoms with Crippen molar-refractivity contribution in [1.82, 2.24) is 4.90 Å². The fraction of sp³-hybridized carbons (Fsp3) is 0.381. The van der Waals surface area contributed by atoms with Gasteiger partial charge in [0.2, 0.25) is 0 Å². The predicted octanol–water partition coefficient (Wildman–Crippen LogP) is 4.90. The number of hydrogen-bond donors (Lipinski definition) is 1. The van der Waals surface area contributed by atoms with Gasteiger partial charge in [-0.15, -0.1) is 0 Å². The molecule has 0 bridgehead atoms. The molecule has 0 unspecified atom stereocenters. The van der Waals surface area contributed by atoms with Crippen molar-refractivity contribution < 1.29 is 14.3 Å². The van der Waals surface area contributed by atoms with Gasteiger partial charge in [0.15, 0.2) is 11.5 Å². The number of urea groups is 1. The number of aryl methyl sites for hydroxylation is 1. The summed E-state index contributed by atoms with van der Waals surface area (Å²) in [6.07, 6.45) is 1.58. The molecule has 0 saturated carbocycles. The summed E-state index contributed by atoms with van der Waals surface area (Å²) >= 11 is 6.33. The molecule has 1 aliphatic heterocycles. The Morgan fingerprint density at radius 2 is 1.85 bits per heavy atom. The van der Waals surface area contributed by atoms with Crippen LogP contribution < -0.4 is 14.8 Å². The molecule has 0 spiro atoms. The molecule has 0 saturated heterocycles. The van der Waals surface area contributed by atoms with Crippen LogP contribution in [-0.2, 0) is 19.4 Å². The molecular weight excluding hydrogens is 364 g/mol. The first kappa shape index (κ1) is 19.4. The Bertz CT molecular complexity index is 838. The average Bonchev–Trinajstić information content (AvgIpc) is 2.68. The van der Waals surface area contributed by atoms with E-state index in [0.717, 1.165) is 46.7 Å². The number of carbonyl (C=O) groups is 1. The summed E-state index contributed by atoms with van der Waals surface area (Å²) in [5.41, 5.74) is 3.86. The lowest BCUT2D eigenvalue weighted by atomic mass is 10.0. The van der Waals surface area contributed by atoms with Crippen molar-refractivity contribution >= 4 is 23.3 Å². The molecule has 0 atom stereocenters. The van der Waals surface area contributed by atoms with Crippen molar-refractivity contribution in [2.45, 2.75) is 33.2 Å². The second kappa shape index (κ2) is 8.53. The van der Waals surface area contributed by atoms with Crippen LogP contribution in [0.25, 0.3) is 0 Å². The Kier molecular flexibility index (Phi) is 6.11. The van der Waals surface area contributed by atoms with Crippen molar-refractivity contribution in [1.29, 1.82) is 0 Å². The number of amides is 2. The fourth-order valence-electron chi connectivity index (χ4n) is 3.20. The van der Waals surface area contributed by atoms with Gasteiger partial charge in [0.25, 0.3) is 0 Å². The van der Waals surface area contributed by atoms with Crippen LogP contribution in [0.5, 0.6) is 11.5 Å². The van der Waals surface area contributed by atoms with E-state index < -0.39 is 0 Å². The highest BCUT2D eigenvalue weighted by molar-refractivity contribution is 6.31. The van der Waals surface area contributed by atoms with Crippen molar-refractivity contribution in [3.8, 4) is 11.5 Å². The van der Waals surface area contributed by atoms with Crippen LogP contribution in [0.2, 0.25) is 5.02 Å². The Balaban J connectivity index is 1.74. The summed E-state index contributed by atoms with van der Waals surface area (Å²) < 4.78 is 11.2. The van der Waals surface area contributed by atoms with Gasteiger partial charge in [-0.05, 0) is 47.7 Å². The van der Waals surface area contributed by atoms with Crippen molar-refractivity contribution in [3.63, 3.8) is 0 Å². The monoisotopic (exact) mass is 388 g/mol. The number of nitrogens with one attached hydrogen (secondary N) is 1. The van der Waals surface area contributed by atoms with Crippen LogP contribution in [0.4, 0.5) is 10.5 Å². The van der Waals surface area contributed by atoms with Crippen LogP contribution in [0.1, 0.15) is 30.5 Å². The third-order valence-electron chi connectivity index (χ3n) is 4.68. The van der Waals surface area contributed by atoms with Crippen LogP contribution in [0.3, 0.4) is 0 Å². The molecule has 1 aliphatic rings. The largest absolute Gasteiger partial charge is 0.486 e. The minimum atomic E-state index is -0.170. The van der Waals surface area contributed by atoms with Gasteiger partial charge in [0.1, 0.15) is 13.2 Å². The van der Waals surface area contributed by atoms with Gasteiger partial charge in [-0.25, -0.2) is 4.79 Å². The van der Waals surface area contributed by atoms with Crippen molar-refractivity contribution in [2.75, 3.05) is 25.6 Å². The lowest BCUT2D eigenvalue weighted by molar-refractivity contribution is 0.171. The van der Waals surface area contributed by atoms with E-state index in [2.05, 4.69) is 12.2 Å². The zero-order chi connectivity index (χ0) is 19.4. The van der Waals surface area contributed by atoms with Crippen LogP contribution >= 0.6 is 11.6 Å². The molecule has 0 radical (unpaired) electrons. The summed E-state index contributed by atoms with van der Waals surface area (Å²) in [7, 11) is 1.77. The van der Waals surface area contributed by atoms with Gasteiger partial charge in [0, 0.05) is 18.6 Å². The molecule has 27 heavy (non-hydrogen) atoms. The Morgan fingerprint density at radius 1 is 1.11 bits per heavy atom. The molecule has 0 fully saturated rings. The molecule has 6 heteroatoms. The highest BCUT2D eigenvalue weighted by Gasteiger charge is 2.17. The summed E-state index contributed by atoms with van der Waals surface area (Å²) in [5, 5.41) is 3.73. The standard InChI is InChI=1S/C21H25ClN2O3/c1-4-15-7-8-17(22)16(5-2)20(15)23-21(25)24(3)13-14-6-9-18-19(12-14)27-11-10-26-18/h6-9,12H,4-5,10-11,13H2,1-3H3,(H,23,25). The summed E-state index contributed by atoms with van der Waals surface area (Å²) in [6, 6.07) is 9.46. The lowest BCUT2D eigenvalue weighted by Crippen LogP contribution is -2.31. The third kappa shape index (κ3) is 4.30. The molecule has 1 N–H and O–H groups in total. The second-order valence-corrected chi connectivity index (χ2v) is 6.94. The lowest BCUT2D eigenvalue weighted by Gasteiger charge is -2.23. The van der Waals surface area contributed by atoms with Crippen molar-refractivity contribution in [3.05, 3.63) is 52.0 Å². The number of benzene rings is 2. The Morgan fingerprint density at radius 3 is 2.56 bits per heavy atom. The van der Waals surface area contributed by atoms with Crippen molar-refractivity contribution in [2.24, 2.45) is 0 Å². The second-order valence-electron chi connectivity index (χ2n) is 6.53. The minimum Gasteiger partial charge on any atom is -0.486 e. The van der Waals surface area contributed by atoms with Crippen LogP contribution in [-0.4, -0.2) is 31.2 Å². The number of rotatable bonds is 5. The zero-order valence-electron chi connectivity index (χ0n) is 16.0. The van der Waals surface area contributed by atoms with E-state index in [9.17, 15) is 4.79 Å². The maximum Gasteiger partial charge on any atom is 0.321 e. The normalized spacial score (nSPS) is 12.6. The van der Waals surface area contributed by atoms with E-state index in [0.29, 0.717) is 24.8 Å². The molecule has 1 heterocycles. The maximum atomic E-state index is 12.8. The van der Waals surface area contributed by atoms with E-state index in [1.165, 1.54) is 0 Å². The molecule has 3 rings (SSSR count). The van der Waals surface area contributed by atoms with E-state index in [4.69, 9.17) is 21.1 Å². The quantitative estimate of drug-likeness (QED) is 0.792. The molecule has 2 aromatic rings. The Hall–Kier alpha value is -2.40. The first-order valence-electron chi connectivity index (χ1n) is 9.24. The van der Waals surface area contributed by atoms with Gasteiger partial charge in [-0.2, -0.15) is 0 Å². The van der Waals surface area contributed by atoms with Gasteiger partial charge >= 0.3 is 6.03 Å². The smallest absolute Gasteiger partial charge is 0.321 e. The molecular formula is C21H25ClN2O3. The van der Waals surface area contributed by atoms with Crippen LogP contribution in [0.15, 0.2) is 30.3 Å². The van der Waals surface area contributed by atoms with Gasteiger partial charge in [-0.3, -0.25) is 0 Å². The average molecular weight is 389 g/mol. The zero-order valence-corrected chi connectivity index (χ0v) is 16.7. The molecule has 144 valence electrons. The van der Waals surface area contributed by atoms with Gasteiger partial charge in [-0.1, -0.05) is 37.6 Å². The van der Waals surface area contributed by atoms with E-state index in [-0.39, 0.29) is 6.03 Å². The highest BCUT2D eigenvalue weighted by atomic mass is 35.5. The number of ether oxygens (including phenoxy) is 2. The summed E-state index contributed by atoms with van der Waals surface area (Å²) in [5.74, 6) is 1.47. The number of halogens is 1. The predicted molar refractivity (Wildman–Crippen MR) is 108 cm³/mol. The topological polar surface area (TPSA) is 50.8 Å². The summed E-state index contributed by atoms with van der Waals surface area (Å²) in [6.45, 7) is 5.67. The number of anilines is 1. The third-order valence-corrected chi connectivity index (χ3v) is 5.04. The molecule has 2 amide bonds. The fourth-order valence-corrected chi connectivity index (χ4v) is 3.49. The SMILES string of the molecule is CCc1ccc(Cl)c(CC)c1NC(=O)N(C)Cc1ccc2c(c1)OCCO2. The molecule has 5 nitrogen and oxygen atoms in total.